The second-order valence-corrected chi connectivity index (χ2v) is 16.6. The van der Waals surface area contributed by atoms with Gasteiger partial charge in [-0.05, 0) is 69.3 Å². The Kier molecular flexibility index (Phi) is 23.1. The van der Waals surface area contributed by atoms with Crippen LogP contribution in [0.3, 0.4) is 0 Å². The lowest BCUT2D eigenvalue weighted by Crippen LogP contribution is -2.56. The quantitative estimate of drug-likeness (QED) is 0.0664. The Bertz CT molecular complexity index is 1500. The summed E-state index contributed by atoms with van der Waals surface area (Å²) >= 11 is 0. The molecule has 1 aromatic carbocycles. The number of nitrogens with zero attached hydrogens (tertiary/aromatic N) is 2. The van der Waals surface area contributed by atoms with Crippen LogP contribution in [-0.4, -0.2) is 114 Å². The maximum atomic E-state index is 13.9. The number of carbonyl (C=O) groups excluding carboxylic acids is 5. The van der Waals surface area contributed by atoms with Crippen LogP contribution >= 0.6 is 0 Å². The van der Waals surface area contributed by atoms with Crippen LogP contribution in [0.25, 0.3) is 0 Å². The van der Waals surface area contributed by atoms with Crippen molar-refractivity contribution >= 4 is 35.6 Å². The number of ether oxygens (including phenoxy) is 1. The molecular formula is C44H74N6O8. The fraction of sp³-hybridized carbons (Fsp3) is 0.682. The highest BCUT2D eigenvalue weighted by molar-refractivity contribution is 5.95. The van der Waals surface area contributed by atoms with Gasteiger partial charge in [0.2, 0.25) is 17.7 Å². The third-order valence-electron chi connectivity index (χ3n) is 10.8. The number of nitrogens with one attached hydrogen (secondary N) is 3. The predicted molar refractivity (Wildman–Crippen MR) is 227 cm³/mol. The van der Waals surface area contributed by atoms with Crippen LogP contribution in [0.2, 0.25) is 0 Å². The molecule has 0 heterocycles. The zero-order chi connectivity index (χ0) is 44.3. The predicted octanol–water partition coefficient (Wildman–Crippen LogP) is 4.31. The van der Waals surface area contributed by atoms with Crippen molar-refractivity contribution in [2.75, 3.05) is 27.2 Å². The number of hydrogen-bond donors (Lipinski definition) is 5. The van der Waals surface area contributed by atoms with E-state index in [0.717, 1.165) is 29.8 Å². The van der Waals surface area contributed by atoms with Crippen molar-refractivity contribution in [2.24, 2.45) is 29.4 Å². The minimum atomic E-state index is -1.17. The minimum Gasteiger partial charge on any atom is -0.480 e. The van der Waals surface area contributed by atoms with Crippen LogP contribution in [0.1, 0.15) is 107 Å². The summed E-state index contributed by atoms with van der Waals surface area (Å²) in [7, 11) is 2.86. The van der Waals surface area contributed by atoms with Crippen molar-refractivity contribution in [3.05, 3.63) is 47.5 Å². The summed E-state index contributed by atoms with van der Waals surface area (Å²) in [6.45, 7) is 19.3. The van der Waals surface area contributed by atoms with Crippen molar-refractivity contribution in [1.29, 1.82) is 0 Å². The van der Waals surface area contributed by atoms with Gasteiger partial charge in [0.05, 0.1) is 6.54 Å². The van der Waals surface area contributed by atoms with Crippen LogP contribution in [0.15, 0.2) is 42.0 Å². The molecule has 0 bridgehead atoms. The number of hydrogen-bond acceptors (Lipinski definition) is 9. The summed E-state index contributed by atoms with van der Waals surface area (Å²) in [6.07, 6.45) is 4.06. The molecule has 0 saturated heterocycles. The van der Waals surface area contributed by atoms with Gasteiger partial charge in [-0.1, -0.05) is 97.7 Å². The molecule has 0 radical (unpaired) electrons. The first kappa shape index (κ1) is 51.7. The topological polar surface area (TPSA) is 200 Å². The average Bonchev–Trinajstić information content (AvgIpc) is 3.17. The van der Waals surface area contributed by atoms with Gasteiger partial charge in [-0.2, -0.15) is 0 Å². The molecule has 1 aromatic rings. The normalized spacial score (nSPS) is 16.4. The third kappa shape index (κ3) is 17.7. The first-order chi connectivity index (χ1) is 27.1. The van der Waals surface area contributed by atoms with Crippen molar-refractivity contribution in [3.63, 3.8) is 0 Å². The van der Waals surface area contributed by atoms with Gasteiger partial charge in [0.25, 0.3) is 5.91 Å². The summed E-state index contributed by atoms with van der Waals surface area (Å²) in [4.78, 5) is 81.8. The highest BCUT2D eigenvalue weighted by atomic mass is 16.5. The maximum Gasteiger partial charge on any atom is 0.334 e. The Labute approximate surface area is 347 Å². The standard InChI is InChI=1S/C44H74N6O8/c1-13-28(5)38(46-25-32(9)45)30(7)19-18-20-31(8)44(57)58-36(23-27(3)4)40(52)47-33(10)41(53)50(12)35(24-34-21-16-15-17-22-34)42(54)49(11)26-37(51)48-39(43(55)56)29(6)14-2/h15-17,20-22,27-30,32-33,35-36,38-39,46H,13-14,18-19,23-26,45H2,1-12H3,(H,47,52)(H,48,51)(H,55,56)/b31-20+/t28?,29?,30-,32?,33+,35?,36+,38?,39-/m0/s1. The molecule has 1 rings (SSSR count). The highest BCUT2D eigenvalue weighted by Crippen LogP contribution is 2.22. The van der Waals surface area contributed by atoms with E-state index >= 15 is 0 Å². The fourth-order valence-electron chi connectivity index (χ4n) is 6.73. The van der Waals surface area contributed by atoms with Crippen molar-refractivity contribution in [1.82, 2.24) is 25.8 Å². The number of rotatable bonds is 26. The lowest BCUT2D eigenvalue weighted by Gasteiger charge is -2.33. The first-order valence-corrected chi connectivity index (χ1v) is 20.9. The first-order valence-electron chi connectivity index (χ1n) is 20.9. The average molecular weight is 815 g/mol. The molecule has 0 fully saturated rings. The van der Waals surface area contributed by atoms with E-state index in [-0.39, 0.29) is 36.8 Å². The number of benzene rings is 1. The van der Waals surface area contributed by atoms with Gasteiger partial charge in [-0.25, -0.2) is 9.59 Å². The summed E-state index contributed by atoms with van der Waals surface area (Å²) in [5.41, 5.74) is 7.14. The van der Waals surface area contributed by atoms with E-state index in [2.05, 4.69) is 36.7 Å². The van der Waals surface area contributed by atoms with Gasteiger partial charge in [-0.15, -0.1) is 0 Å². The molecule has 0 aromatic heterocycles. The lowest BCUT2D eigenvalue weighted by molar-refractivity contribution is -0.154. The Morgan fingerprint density at radius 3 is 2.00 bits per heavy atom. The molecule has 0 saturated carbocycles. The summed E-state index contributed by atoms with van der Waals surface area (Å²) in [5.74, 6) is -3.76. The highest BCUT2D eigenvalue weighted by Gasteiger charge is 2.35. The van der Waals surface area contributed by atoms with Gasteiger partial charge >= 0.3 is 11.9 Å². The second kappa shape index (κ2) is 25.9. The largest absolute Gasteiger partial charge is 0.480 e. The zero-order valence-corrected chi connectivity index (χ0v) is 37.2. The zero-order valence-electron chi connectivity index (χ0n) is 37.2. The molecule has 5 unspecified atom stereocenters. The van der Waals surface area contributed by atoms with E-state index < -0.39 is 66.3 Å². The number of carbonyl (C=O) groups is 6. The number of aliphatic carboxylic acids is 1. The summed E-state index contributed by atoms with van der Waals surface area (Å²) < 4.78 is 5.74. The molecule has 4 amide bonds. The van der Waals surface area contributed by atoms with Crippen LogP contribution in [0.4, 0.5) is 0 Å². The number of carboxylic acid groups (broad SMARTS) is 1. The van der Waals surface area contributed by atoms with Crippen LogP contribution in [-0.2, 0) is 39.9 Å². The van der Waals surface area contributed by atoms with Crippen molar-refractivity contribution in [2.45, 2.75) is 144 Å². The van der Waals surface area contributed by atoms with Crippen LogP contribution in [0, 0.1) is 23.7 Å². The third-order valence-corrected chi connectivity index (χ3v) is 10.8. The maximum absolute atomic E-state index is 13.9. The SMILES string of the molecule is CCC(C)C(NCC(C)N)[C@@H](C)CC/C=C(\C)C(=O)O[C@H](CC(C)C)C(=O)N[C@H](C)C(=O)N(C)C(Cc1ccccc1)C(=O)N(C)CC(=O)N[C@H](C(=O)O)C(C)CC. The molecule has 328 valence electrons. The Morgan fingerprint density at radius 1 is 0.862 bits per heavy atom. The monoisotopic (exact) mass is 815 g/mol. The van der Waals surface area contributed by atoms with Gasteiger partial charge in [0, 0.05) is 44.7 Å². The Hall–Kier alpha value is -4.30. The number of carboxylic acids is 1. The number of amides is 4. The smallest absolute Gasteiger partial charge is 0.334 e. The molecule has 14 heteroatoms. The minimum absolute atomic E-state index is 0.0137. The second-order valence-electron chi connectivity index (χ2n) is 16.6. The molecule has 14 nitrogen and oxygen atoms in total. The molecule has 6 N–H and O–H groups in total. The van der Waals surface area contributed by atoms with Gasteiger partial charge in [0.15, 0.2) is 6.10 Å². The van der Waals surface area contributed by atoms with Crippen LogP contribution in [0.5, 0.6) is 0 Å². The van der Waals surface area contributed by atoms with E-state index in [1.165, 1.54) is 25.9 Å². The van der Waals surface area contributed by atoms with E-state index in [1.54, 1.807) is 26.0 Å². The number of esters is 1. The van der Waals surface area contributed by atoms with Crippen LogP contribution < -0.4 is 21.7 Å². The van der Waals surface area contributed by atoms with E-state index in [0.29, 0.717) is 30.3 Å². The Morgan fingerprint density at radius 2 is 1.47 bits per heavy atom. The molecule has 0 aliphatic heterocycles. The van der Waals surface area contributed by atoms with Gasteiger partial charge in [0.1, 0.15) is 18.1 Å². The lowest BCUT2D eigenvalue weighted by atomic mass is 9.85. The van der Waals surface area contributed by atoms with E-state index in [9.17, 15) is 33.9 Å². The number of likely N-dealkylation sites (N-methyl/N-ethyl adjacent to an activating group) is 2. The van der Waals surface area contributed by atoms with E-state index in [1.807, 2.05) is 52.0 Å². The molecule has 58 heavy (non-hydrogen) atoms. The van der Waals surface area contributed by atoms with E-state index in [4.69, 9.17) is 10.5 Å². The fourth-order valence-corrected chi connectivity index (χ4v) is 6.73. The molecule has 0 spiro atoms. The molecule has 0 aliphatic rings. The summed E-state index contributed by atoms with van der Waals surface area (Å²) in [5, 5.41) is 18.4. The molecule has 9 atom stereocenters. The van der Waals surface area contributed by atoms with Gasteiger partial charge < -0.3 is 41.3 Å². The number of allylic oxidation sites excluding steroid dienone is 1. The van der Waals surface area contributed by atoms with Gasteiger partial charge in [-0.3, -0.25) is 19.2 Å². The number of nitrogens with two attached hydrogens (primary N) is 1. The van der Waals surface area contributed by atoms with Crippen molar-refractivity contribution in [3.8, 4) is 0 Å². The molecular weight excluding hydrogens is 741 g/mol. The molecule has 0 aliphatic carbocycles. The summed E-state index contributed by atoms with van der Waals surface area (Å²) in [6, 6.07) is 6.09. The Balaban J connectivity index is 3.12. The van der Waals surface area contributed by atoms with Crippen molar-refractivity contribution < 1.29 is 38.6 Å².